The highest BCUT2D eigenvalue weighted by Crippen LogP contribution is 2.18. The van der Waals surface area contributed by atoms with Crippen LogP contribution in [0, 0.1) is 0 Å². The van der Waals surface area contributed by atoms with Gasteiger partial charge in [0, 0.05) is 24.6 Å². The summed E-state index contributed by atoms with van der Waals surface area (Å²) in [6, 6.07) is 10.8. The van der Waals surface area contributed by atoms with E-state index in [0.717, 1.165) is 5.56 Å². The van der Waals surface area contributed by atoms with Crippen LogP contribution in [0.25, 0.3) is 0 Å². The zero-order valence-electron chi connectivity index (χ0n) is 11.1. The number of benzene rings is 1. The first-order valence-electron chi connectivity index (χ1n) is 6.06. The summed E-state index contributed by atoms with van der Waals surface area (Å²) in [4.78, 5) is 16.3. The van der Waals surface area contributed by atoms with Crippen molar-refractivity contribution in [3.05, 3.63) is 53.7 Å². The number of nitrogen functional groups attached to an aromatic ring is 1. The van der Waals surface area contributed by atoms with Crippen LogP contribution >= 0.6 is 0 Å². The van der Waals surface area contributed by atoms with Gasteiger partial charge in [0.25, 0.3) is 5.91 Å². The van der Waals surface area contributed by atoms with Gasteiger partial charge in [-0.05, 0) is 18.2 Å². The molecule has 2 rings (SSSR count). The zero-order chi connectivity index (χ0) is 14.4. The number of hydrogen-bond donors (Lipinski definition) is 3. The summed E-state index contributed by atoms with van der Waals surface area (Å²) in [5, 5.41) is 2.83. The van der Waals surface area contributed by atoms with Gasteiger partial charge in [-0.3, -0.25) is 4.79 Å². The number of hydrogen-bond acceptors (Lipinski definition) is 5. The van der Waals surface area contributed by atoms with Crippen LogP contribution in [0.4, 0.5) is 11.5 Å². The van der Waals surface area contributed by atoms with E-state index in [-0.39, 0.29) is 5.91 Å². The molecule has 0 aliphatic rings. The topological polar surface area (TPSA) is 89.3 Å². The van der Waals surface area contributed by atoms with Gasteiger partial charge in [0.2, 0.25) is 0 Å². The standard InChI is InChI=1S/C14H16N4O2/c1-20-9-10-5-2-3-7-12(10)17-14(19)11-6-4-8-16-13(11)18-15/h2-8H,9,15H2,1H3,(H,16,18)(H,17,19). The van der Waals surface area contributed by atoms with E-state index in [0.29, 0.717) is 23.7 Å². The number of rotatable bonds is 5. The van der Waals surface area contributed by atoms with Crippen LogP contribution in [0.15, 0.2) is 42.6 Å². The molecule has 1 aromatic heterocycles. The second-order valence-corrected chi connectivity index (χ2v) is 4.09. The number of carbonyl (C=O) groups excluding carboxylic acids is 1. The fourth-order valence-electron chi connectivity index (χ4n) is 1.82. The van der Waals surface area contributed by atoms with Crippen LogP contribution in [0.1, 0.15) is 15.9 Å². The lowest BCUT2D eigenvalue weighted by Gasteiger charge is -2.12. The summed E-state index contributed by atoms with van der Waals surface area (Å²) in [5.41, 5.74) is 4.38. The Bertz CT molecular complexity index is 601. The Kier molecular flexibility index (Phi) is 4.65. The Morgan fingerprint density at radius 3 is 2.85 bits per heavy atom. The molecule has 20 heavy (non-hydrogen) atoms. The maximum absolute atomic E-state index is 12.3. The van der Waals surface area contributed by atoms with Crippen molar-refractivity contribution in [1.82, 2.24) is 4.98 Å². The van der Waals surface area contributed by atoms with E-state index in [1.807, 2.05) is 24.3 Å². The molecule has 0 aliphatic carbocycles. The minimum absolute atomic E-state index is 0.283. The molecule has 0 saturated heterocycles. The van der Waals surface area contributed by atoms with Gasteiger partial charge in [-0.25, -0.2) is 10.8 Å². The smallest absolute Gasteiger partial charge is 0.259 e. The number of amides is 1. The molecular formula is C14H16N4O2. The Labute approximate surface area is 116 Å². The van der Waals surface area contributed by atoms with Crippen LogP contribution in [0.5, 0.6) is 0 Å². The SMILES string of the molecule is COCc1ccccc1NC(=O)c1cccnc1NN. The fraction of sp³-hybridized carbons (Fsp3) is 0.143. The maximum atomic E-state index is 12.3. The summed E-state index contributed by atoms with van der Waals surface area (Å²) in [7, 11) is 1.61. The molecule has 6 nitrogen and oxygen atoms in total. The molecule has 0 fully saturated rings. The number of methoxy groups -OCH3 is 1. The van der Waals surface area contributed by atoms with E-state index in [1.165, 1.54) is 0 Å². The first-order valence-corrected chi connectivity index (χ1v) is 6.06. The Balaban J connectivity index is 2.24. The summed E-state index contributed by atoms with van der Waals surface area (Å²) < 4.78 is 5.10. The van der Waals surface area contributed by atoms with Crippen molar-refractivity contribution in [3.63, 3.8) is 0 Å². The molecule has 104 valence electrons. The first-order chi connectivity index (χ1) is 9.76. The van der Waals surface area contributed by atoms with Crippen molar-refractivity contribution in [1.29, 1.82) is 0 Å². The molecule has 2 aromatic rings. The minimum atomic E-state index is -0.283. The van der Waals surface area contributed by atoms with E-state index in [2.05, 4.69) is 15.7 Å². The number of nitrogens with zero attached hydrogens (tertiary/aromatic N) is 1. The van der Waals surface area contributed by atoms with Crippen molar-refractivity contribution in [2.24, 2.45) is 5.84 Å². The lowest BCUT2D eigenvalue weighted by molar-refractivity contribution is 0.102. The third kappa shape index (κ3) is 3.11. The molecule has 6 heteroatoms. The van der Waals surface area contributed by atoms with E-state index < -0.39 is 0 Å². The van der Waals surface area contributed by atoms with Crippen molar-refractivity contribution in [3.8, 4) is 0 Å². The average molecular weight is 272 g/mol. The monoisotopic (exact) mass is 272 g/mol. The summed E-state index contributed by atoms with van der Waals surface area (Å²) in [5.74, 6) is 5.39. The van der Waals surface area contributed by atoms with Crippen molar-refractivity contribution in [2.75, 3.05) is 17.9 Å². The Morgan fingerprint density at radius 2 is 2.10 bits per heavy atom. The van der Waals surface area contributed by atoms with Crippen LogP contribution in [0.3, 0.4) is 0 Å². The maximum Gasteiger partial charge on any atom is 0.259 e. The number of aromatic nitrogens is 1. The van der Waals surface area contributed by atoms with Gasteiger partial charge in [-0.15, -0.1) is 0 Å². The van der Waals surface area contributed by atoms with Gasteiger partial charge in [0.15, 0.2) is 5.82 Å². The zero-order valence-corrected chi connectivity index (χ0v) is 11.1. The van der Waals surface area contributed by atoms with Crippen molar-refractivity contribution in [2.45, 2.75) is 6.61 Å². The minimum Gasteiger partial charge on any atom is -0.380 e. The molecule has 0 radical (unpaired) electrons. The summed E-state index contributed by atoms with van der Waals surface area (Å²) in [6.45, 7) is 0.422. The van der Waals surface area contributed by atoms with E-state index >= 15 is 0 Å². The van der Waals surface area contributed by atoms with E-state index in [9.17, 15) is 4.79 Å². The average Bonchev–Trinajstić information content (AvgIpc) is 2.49. The highest BCUT2D eigenvalue weighted by atomic mass is 16.5. The van der Waals surface area contributed by atoms with Crippen molar-refractivity contribution >= 4 is 17.4 Å². The largest absolute Gasteiger partial charge is 0.380 e. The van der Waals surface area contributed by atoms with Crippen LogP contribution in [-0.2, 0) is 11.3 Å². The van der Waals surface area contributed by atoms with E-state index in [1.54, 1.807) is 25.4 Å². The number of pyridine rings is 1. The number of ether oxygens (including phenoxy) is 1. The number of para-hydroxylation sites is 1. The molecule has 0 aliphatic heterocycles. The predicted octanol–water partition coefficient (Wildman–Crippen LogP) is 1.77. The van der Waals surface area contributed by atoms with Gasteiger partial charge < -0.3 is 15.5 Å². The fourth-order valence-corrected chi connectivity index (χ4v) is 1.82. The van der Waals surface area contributed by atoms with Crippen LogP contribution in [0.2, 0.25) is 0 Å². The molecule has 0 atom stereocenters. The number of carbonyl (C=O) groups is 1. The first kappa shape index (κ1) is 14.0. The van der Waals surface area contributed by atoms with Gasteiger partial charge in [-0.1, -0.05) is 18.2 Å². The highest BCUT2D eigenvalue weighted by Gasteiger charge is 2.13. The molecule has 0 unspecified atom stereocenters. The molecule has 0 saturated carbocycles. The number of nitrogens with one attached hydrogen (secondary N) is 2. The molecule has 0 bridgehead atoms. The van der Waals surface area contributed by atoms with Crippen LogP contribution in [-0.4, -0.2) is 18.0 Å². The highest BCUT2D eigenvalue weighted by molar-refractivity contribution is 6.07. The number of anilines is 2. The quantitative estimate of drug-likeness (QED) is 0.570. The molecular weight excluding hydrogens is 256 g/mol. The summed E-state index contributed by atoms with van der Waals surface area (Å²) in [6.07, 6.45) is 1.56. The predicted molar refractivity (Wildman–Crippen MR) is 77.2 cm³/mol. The third-order valence-corrected chi connectivity index (χ3v) is 2.75. The molecule has 0 spiro atoms. The molecule has 1 heterocycles. The summed E-state index contributed by atoms with van der Waals surface area (Å²) >= 11 is 0. The second kappa shape index (κ2) is 6.65. The third-order valence-electron chi connectivity index (χ3n) is 2.75. The van der Waals surface area contributed by atoms with Gasteiger partial charge in [0.05, 0.1) is 12.2 Å². The Morgan fingerprint density at radius 1 is 1.30 bits per heavy atom. The molecule has 4 N–H and O–H groups in total. The second-order valence-electron chi connectivity index (χ2n) is 4.09. The normalized spacial score (nSPS) is 10.1. The van der Waals surface area contributed by atoms with Crippen molar-refractivity contribution < 1.29 is 9.53 Å². The Hall–Kier alpha value is -2.44. The lowest BCUT2D eigenvalue weighted by atomic mass is 10.1. The van der Waals surface area contributed by atoms with E-state index in [4.69, 9.17) is 10.6 Å². The van der Waals surface area contributed by atoms with Gasteiger partial charge in [-0.2, -0.15) is 0 Å². The van der Waals surface area contributed by atoms with Crippen LogP contribution < -0.4 is 16.6 Å². The van der Waals surface area contributed by atoms with Gasteiger partial charge >= 0.3 is 0 Å². The molecule has 1 amide bonds. The van der Waals surface area contributed by atoms with Gasteiger partial charge in [0.1, 0.15) is 0 Å². The number of nitrogens with two attached hydrogens (primary N) is 1. The number of hydrazine groups is 1. The lowest BCUT2D eigenvalue weighted by Crippen LogP contribution is -2.18. The molecule has 1 aromatic carbocycles.